The van der Waals surface area contributed by atoms with Crippen molar-refractivity contribution in [2.75, 3.05) is 26.2 Å². The van der Waals surface area contributed by atoms with Gasteiger partial charge in [0.1, 0.15) is 0 Å². The van der Waals surface area contributed by atoms with E-state index in [1.165, 1.54) is 39.0 Å². The molecule has 2 aliphatic rings. The van der Waals surface area contributed by atoms with Crippen molar-refractivity contribution in [1.82, 2.24) is 10.2 Å². The van der Waals surface area contributed by atoms with Crippen LogP contribution in [0.5, 0.6) is 0 Å². The zero-order valence-electron chi connectivity index (χ0n) is 9.21. The smallest absolute Gasteiger partial charge is 0.0247 e. The van der Waals surface area contributed by atoms with Gasteiger partial charge in [0.2, 0.25) is 0 Å². The lowest BCUT2D eigenvalue weighted by molar-refractivity contribution is 0.245. The van der Waals surface area contributed by atoms with Gasteiger partial charge in [-0.3, -0.25) is 4.90 Å². The van der Waals surface area contributed by atoms with Crippen LogP contribution in [0, 0.1) is 11.8 Å². The number of nitrogens with one attached hydrogen (secondary N) is 1. The summed E-state index contributed by atoms with van der Waals surface area (Å²) in [7, 11) is 0. The van der Waals surface area contributed by atoms with E-state index in [-0.39, 0.29) is 0 Å². The summed E-state index contributed by atoms with van der Waals surface area (Å²) in [4.78, 5) is 2.57. The van der Waals surface area contributed by atoms with Gasteiger partial charge < -0.3 is 5.32 Å². The van der Waals surface area contributed by atoms with Crippen LogP contribution < -0.4 is 5.32 Å². The zero-order chi connectivity index (χ0) is 9.97. The Hall–Kier alpha value is -0.340. The molecule has 0 amide bonds. The summed E-state index contributed by atoms with van der Waals surface area (Å²) in [5.74, 6) is 1.88. The summed E-state index contributed by atoms with van der Waals surface area (Å²) < 4.78 is 0. The van der Waals surface area contributed by atoms with Crippen LogP contribution in [-0.2, 0) is 0 Å². The molecule has 2 heterocycles. The van der Waals surface area contributed by atoms with Crippen molar-refractivity contribution in [3.8, 4) is 0 Å². The fourth-order valence-electron chi connectivity index (χ4n) is 2.79. The lowest BCUT2D eigenvalue weighted by atomic mass is 9.92. The maximum Gasteiger partial charge on any atom is 0.0247 e. The average Bonchev–Trinajstić information content (AvgIpc) is 2.56. The fourth-order valence-corrected chi connectivity index (χ4v) is 2.79. The molecule has 0 radical (unpaired) electrons. The predicted molar refractivity (Wildman–Crippen MR) is 60.3 cm³/mol. The maximum atomic E-state index is 3.88. The van der Waals surface area contributed by atoms with E-state index in [4.69, 9.17) is 0 Å². The molecule has 2 fully saturated rings. The van der Waals surface area contributed by atoms with E-state index >= 15 is 0 Å². The Labute approximate surface area is 87.4 Å². The minimum atomic E-state index is 0.557. The van der Waals surface area contributed by atoms with E-state index in [1.54, 1.807) is 0 Å². The van der Waals surface area contributed by atoms with Gasteiger partial charge in [-0.15, -0.1) is 6.58 Å². The molecule has 3 atom stereocenters. The quantitative estimate of drug-likeness (QED) is 0.670. The molecular formula is C12H22N2. The van der Waals surface area contributed by atoms with E-state index in [2.05, 4.69) is 29.8 Å². The maximum absolute atomic E-state index is 3.88. The molecule has 0 aliphatic carbocycles. The molecule has 2 heteroatoms. The molecule has 0 saturated carbocycles. The minimum Gasteiger partial charge on any atom is -0.316 e. The van der Waals surface area contributed by atoms with Gasteiger partial charge in [0.05, 0.1) is 0 Å². The summed E-state index contributed by atoms with van der Waals surface area (Å²) in [5.41, 5.74) is 0. The summed E-state index contributed by atoms with van der Waals surface area (Å²) >= 11 is 0. The first kappa shape index (κ1) is 10.2. The highest BCUT2D eigenvalue weighted by Gasteiger charge is 2.30. The van der Waals surface area contributed by atoms with Crippen molar-refractivity contribution in [1.29, 1.82) is 0 Å². The molecule has 0 aromatic carbocycles. The van der Waals surface area contributed by atoms with Crippen LogP contribution in [0.1, 0.15) is 19.8 Å². The number of likely N-dealkylation sites (tertiary alicyclic amines) is 1. The number of fused-ring (bicyclic) bond motifs is 1. The minimum absolute atomic E-state index is 0.557. The van der Waals surface area contributed by atoms with Crippen molar-refractivity contribution in [2.24, 2.45) is 11.8 Å². The number of hydrogen-bond acceptors (Lipinski definition) is 2. The van der Waals surface area contributed by atoms with Gasteiger partial charge in [0, 0.05) is 6.04 Å². The Morgan fingerprint density at radius 1 is 1.29 bits per heavy atom. The highest BCUT2D eigenvalue weighted by molar-refractivity contribution is 4.90. The van der Waals surface area contributed by atoms with Gasteiger partial charge in [0.15, 0.2) is 0 Å². The molecule has 2 nitrogen and oxygen atoms in total. The van der Waals surface area contributed by atoms with Crippen molar-refractivity contribution < 1.29 is 0 Å². The van der Waals surface area contributed by atoms with Gasteiger partial charge in [0.25, 0.3) is 0 Å². The fraction of sp³-hybridized carbons (Fsp3) is 0.833. The standard InChI is InChI=1S/C12H22N2/c1-3-10(2)14-6-4-11-8-13-9-12(11)5-7-14/h3,10-13H,1,4-9H2,2H3. The third kappa shape index (κ3) is 2.01. The Bertz CT molecular complexity index is 188. The lowest BCUT2D eigenvalue weighted by Crippen LogP contribution is -2.33. The van der Waals surface area contributed by atoms with Crippen LogP contribution in [-0.4, -0.2) is 37.1 Å². The molecule has 0 bridgehead atoms. The summed E-state index contributed by atoms with van der Waals surface area (Å²) in [6, 6.07) is 0.557. The van der Waals surface area contributed by atoms with Crippen LogP contribution in [0.15, 0.2) is 12.7 Å². The Balaban J connectivity index is 1.92. The van der Waals surface area contributed by atoms with Crippen LogP contribution >= 0.6 is 0 Å². The Morgan fingerprint density at radius 3 is 2.36 bits per heavy atom. The molecular weight excluding hydrogens is 172 g/mol. The number of rotatable bonds is 2. The van der Waals surface area contributed by atoms with Crippen molar-refractivity contribution in [3.63, 3.8) is 0 Å². The SMILES string of the molecule is C=CC(C)N1CCC2CNCC2CC1. The van der Waals surface area contributed by atoms with Gasteiger partial charge in [-0.25, -0.2) is 0 Å². The molecule has 3 unspecified atom stereocenters. The van der Waals surface area contributed by atoms with Crippen molar-refractivity contribution >= 4 is 0 Å². The molecule has 0 aromatic rings. The number of nitrogens with zero attached hydrogens (tertiary/aromatic N) is 1. The second-order valence-corrected chi connectivity index (χ2v) is 4.77. The van der Waals surface area contributed by atoms with E-state index in [9.17, 15) is 0 Å². The second-order valence-electron chi connectivity index (χ2n) is 4.77. The van der Waals surface area contributed by atoms with E-state index in [1.807, 2.05) is 0 Å². The van der Waals surface area contributed by atoms with E-state index < -0.39 is 0 Å². The Kier molecular flexibility index (Phi) is 3.24. The molecule has 14 heavy (non-hydrogen) atoms. The molecule has 80 valence electrons. The van der Waals surface area contributed by atoms with Gasteiger partial charge in [-0.2, -0.15) is 0 Å². The molecule has 2 saturated heterocycles. The van der Waals surface area contributed by atoms with Crippen molar-refractivity contribution in [3.05, 3.63) is 12.7 Å². The van der Waals surface area contributed by atoms with E-state index in [0.717, 1.165) is 11.8 Å². The van der Waals surface area contributed by atoms with Crippen LogP contribution in [0.25, 0.3) is 0 Å². The third-order valence-electron chi connectivity index (χ3n) is 3.97. The van der Waals surface area contributed by atoms with Crippen LogP contribution in [0.4, 0.5) is 0 Å². The molecule has 0 spiro atoms. The lowest BCUT2D eigenvalue weighted by Gasteiger charge is -2.25. The summed E-state index contributed by atoms with van der Waals surface area (Å²) in [6.45, 7) is 11.2. The molecule has 1 N–H and O–H groups in total. The van der Waals surface area contributed by atoms with E-state index in [0.29, 0.717) is 6.04 Å². The molecule has 2 aliphatic heterocycles. The first-order valence-electron chi connectivity index (χ1n) is 5.88. The highest BCUT2D eigenvalue weighted by Crippen LogP contribution is 2.27. The third-order valence-corrected chi connectivity index (χ3v) is 3.97. The monoisotopic (exact) mass is 194 g/mol. The average molecular weight is 194 g/mol. The van der Waals surface area contributed by atoms with Gasteiger partial charge in [-0.1, -0.05) is 6.08 Å². The number of hydrogen-bond donors (Lipinski definition) is 1. The largest absolute Gasteiger partial charge is 0.316 e. The normalized spacial score (nSPS) is 36.1. The zero-order valence-corrected chi connectivity index (χ0v) is 9.21. The highest BCUT2D eigenvalue weighted by atomic mass is 15.1. The first-order chi connectivity index (χ1) is 6.81. The topological polar surface area (TPSA) is 15.3 Å². The summed E-state index contributed by atoms with van der Waals surface area (Å²) in [6.07, 6.45) is 4.81. The predicted octanol–water partition coefficient (Wildman–Crippen LogP) is 1.49. The van der Waals surface area contributed by atoms with Gasteiger partial charge in [-0.05, 0) is 57.8 Å². The summed E-state index contributed by atoms with van der Waals surface area (Å²) in [5, 5.41) is 3.51. The Morgan fingerprint density at radius 2 is 1.86 bits per heavy atom. The second kappa shape index (κ2) is 4.45. The molecule has 0 aromatic heterocycles. The van der Waals surface area contributed by atoms with Gasteiger partial charge >= 0.3 is 0 Å². The van der Waals surface area contributed by atoms with Crippen LogP contribution in [0.3, 0.4) is 0 Å². The molecule has 2 rings (SSSR count). The van der Waals surface area contributed by atoms with Crippen molar-refractivity contribution in [2.45, 2.75) is 25.8 Å². The first-order valence-corrected chi connectivity index (χ1v) is 5.88. The van der Waals surface area contributed by atoms with Crippen LogP contribution in [0.2, 0.25) is 0 Å².